The number of ether oxygens (including phenoxy) is 2. The van der Waals surface area contributed by atoms with E-state index in [0.29, 0.717) is 41.3 Å². The summed E-state index contributed by atoms with van der Waals surface area (Å²) in [5.74, 6) is 1.19. The monoisotopic (exact) mass is 600 g/mol. The van der Waals surface area contributed by atoms with E-state index >= 15 is 0 Å². The number of aliphatic hydroxyl groups is 1. The molecule has 1 amide bonds. The largest absolute Gasteiger partial charge is 0.491 e. The number of carbonyl (C=O) groups excluding carboxylic acids is 1. The van der Waals surface area contributed by atoms with Gasteiger partial charge in [-0.15, -0.1) is 0 Å². The first kappa shape index (κ1) is 30.1. The molecule has 0 radical (unpaired) electrons. The summed E-state index contributed by atoms with van der Waals surface area (Å²) in [6, 6.07) is 11.4. The van der Waals surface area contributed by atoms with E-state index in [1.807, 2.05) is 37.3 Å². The van der Waals surface area contributed by atoms with Crippen molar-refractivity contribution in [1.29, 1.82) is 0 Å². The first-order valence-corrected chi connectivity index (χ1v) is 16.1. The second kappa shape index (κ2) is 13.3. The minimum atomic E-state index is -1.69. The molecule has 7 nitrogen and oxygen atoms in total. The molecule has 2 heterocycles. The van der Waals surface area contributed by atoms with Crippen LogP contribution in [0.25, 0.3) is 0 Å². The van der Waals surface area contributed by atoms with Crippen LogP contribution in [-0.4, -0.2) is 54.7 Å². The third-order valence-corrected chi connectivity index (χ3v) is 10.5. The molecule has 222 valence electrons. The number of carbonyl (C=O) groups is 1. The van der Waals surface area contributed by atoms with E-state index in [4.69, 9.17) is 21.1 Å². The zero-order valence-corrected chi connectivity index (χ0v) is 25.6. The van der Waals surface area contributed by atoms with Crippen molar-refractivity contribution in [1.82, 2.24) is 4.72 Å². The Bertz CT molecular complexity index is 1300. The second-order valence-corrected chi connectivity index (χ2v) is 13.4. The number of allylic oxidation sites excluding steroid dienone is 1. The lowest BCUT2D eigenvalue weighted by Gasteiger charge is -2.43. The first-order chi connectivity index (χ1) is 19.8. The van der Waals surface area contributed by atoms with E-state index in [1.54, 1.807) is 13.2 Å². The van der Waals surface area contributed by atoms with Gasteiger partial charge in [0.25, 0.3) is 0 Å². The molecule has 0 spiro atoms. The van der Waals surface area contributed by atoms with Gasteiger partial charge in [0.2, 0.25) is 5.91 Å². The molecule has 7 unspecified atom stereocenters. The average molecular weight is 601 g/mol. The summed E-state index contributed by atoms with van der Waals surface area (Å²) in [4.78, 5) is 15.9. The van der Waals surface area contributed by atoms with E-state index in [9.17, 15) is 14.1 Å². The van der Waals surface area contributed by atoms with Gasteiger partial charge in [0.15, 0.2) is 11.0 Å². The first-order valence-electron chi connectivity index (χ1n) is 14.6. The molecule has 41 heavy (non-hydrogen) atoms. The van der Waals surface area contributed by atoms with Gasteiger partial charge in [-0.2, -0.15) is 0 Å². The van der Waals surface area contributed by atoms with Crippen LogP contribution >= 0.6 is 11.6 Å². The number of fused-ring (bicyclic) bond motifs is 2. The number of anilines is 1. The smallest absolute Gasteiger partial charge is 0.235 e. The molecule has 2 aliphatic heterocycles. The van der Waals surface area contributed by atoms with E-state index in [0.717, 1.165) is 48.4 Å². The van der Waals surface area contributed by atoms with E-state index in [-0.39, 0.29) is 36.4 Å². The maximum Gasteiger partial charge on any atom is 0.235 e. The summed E-state index contributed by atoms with van der Waals surface area (Å²) in [6.45, 7) is 5.95. The molecule has 9 heteroatoms. The Hall–Kier alpha value is -2.39. The molecule has 3 aliphatic rings. The zero-order chi connectivity index (χ0) is 29.1. The van der Waals surface area contributed by atoms with Crippen LogP contribution in [0.15, 0.2) is 53.4 Å². The molecule has 1 fully saturated rings. The quantitative estimate of drug-likeness (QED) is 0.465. The van der Waals surface area contributed by atoms with Crippen molar-refractivity contribution < 1.29 is 23.6 Å². The molecule has 5 rings (SSSR count). The van der Waals surface area contributed by atoms with Crippen molar-refractivity contribution in [2.24, 2.45) is 23.7 Å². The Kier molecular flexibility index (Phi) is 9.74. The number of methoxy groups -OCH3 is 1. The van der Waals surface area contributed by atoms with Crippen LogP contribution < -0.4 is 14.4 Å². The van der Waals surface area contributed by atoms with Crippen LogP contribution in [-0.2, 0) is 26.9 Å². The van der Waals surface area contributed by atoms with Crippen molar-refractivity contribution in [3.8, 4) is 5.75 Å². The van der Waals surface area contributed by atoms with E-state index < -0.39 is 11.0 Å². The summed E-state index contributed by atoms with van der Waals surface area (Å²) < 4.78 is 28.4. The number of benzene rings is 2. The molecule has 2 N–H and O–H groups in total. The number of rotatable bonds is 4. The zero-order valence-electron chi connectivity index (χ0n) is 24.1. The molecule has 2 aromatic carbocycles. The Morgan fingerprint density at radius 3 is 2.73 bits per heavy atom. The Balaban J connectivity index is 1.53. The summed E-state index contributed by atoms with van der Waals surface area (Å²) in [5.41, 5.74) is 3.02. The van der Waals surface area contributed by atoms with Gasteiger partial charge in [0, 0.05) is 43.7 Å². The predicted octanol–water partition coefficient (Wildman–Crippen LogP) is 5.27. The Morgan fingerprint density at radius 1 is 1.17 bits per heavy atom. The number of halogens is 1. The molecule has 2 bridgehead atoms. The van der Waals surface area contributed by atoms with Crippen LogP contribution in [0.1, 0.15) is 50.2 Å². The van der Waals surface area contributed by atoms with Gasteiger partial charge in [-0.25, -0.2) is 4.21 Å². The molecule has 7 atom stereocenters. The molecule has 0 aromatic heterocycles. The molecular formula is C32H41ClN2O5S. The summed E-state index contributed by atoms with van der Waals surface area (Å²) in [6.07, 6.45) is 7.80. The number of aliphatic hydroxyl groups excluding tert-OH is 1. The SMILES string of the molecule is COC1/C=C/CC(C)C(C)C(=O)NS(=O)c2ccc3c(c2)N(CC(c2ccc(Cl)cc2CCO)CO3)CC2CCC21. The van der Waals surface area contributed by atoms with Gasteiger partial charge in [0.1, 0.15) is 5.75 Å². The number of amides is 1. The third-order valence-electron chi connectivity index (χ3n) is 9.21. The fourth-order valence-corrected chi connectivity index (χ4v) is 7.42. The van der Waals surface area contributed by atoms with Gasteiger partial charge < -0.3 is 19.5 Å². The predicted molar refractivity (Wildman–Crippen MR) is 163 cm³/mol. The second-order valence-electron chi connectivity index (χ2n) is 11.7. The van der Waals surface area contributed by atoms with Crippen molar-refractivity contribution >= 4 is 34.2 Å². The molecule has 2 aromatic rings. The summed E-state index contributed by atoms with van der Waals surface area (Å²) in [5, 5.41) is 10.4. The average Bonchev–Trinajstić information content (AvgIpc) is 3.13. The fourth-order valence-electron chi connectivity index (χ4n) is 6.33. The number of hydrogen-bond acceptors (Lipinski definition) is 6. The molecule has 0 saturated heterocycles. The summed E-state index contributed by atoms with van der Waals surface area (Å²) >= 11 is 6.32. The third kappa shape index (κ3) is 6.66. The minimum absolute atomic E-state index is 0.0164. The molecule has 1 aliphatic carbocycles. The van der Waals surface area contributed by atoms with E-state index in [1.165, 1.54) is 0 Å². The van der Waals surface area contributed by atoms with Crippen LogP contribution in [0.3, 0.4) is 0 Å². The van der Waals surface area contributed by atoms with Crippen molar-refractivity contribution in [2.75, 3.05) is 38.3 Å². The van der Waals surface area contributed by atoms with Crippen molar-refractivity contribution in [3.63, 3.8) is 0 Å². The lowest BCUT2D eigenvalue weighted by Crippen LogP contribution is -2.44. The van der Waals surface area contributed by atoms with Gasteiger partial charge in [-0.1, -0.05) is 43.7 Å². The van der Waals surface area contributed by atoms with Crippen LogP contribution in [0.5, 0.6) is 5.75 Å². The van der Waals surface area contributed by atoms with Gasteiger partial charge in [-0.3, -0.25) is 9.52 Å². The highest BCUT2D eigenvalue weighted by Gasteiger charge is 2.39. The van der Waals surface area contributed by atoms with Crippen LogP contribution in [0, 0.1) is 23.7 Å². The van der Waals surface area contributed by atoms with Crippen molar-refractivity contribution in [2.45, 2.75) is 56.4 Å². The highest BCUT2D eigenvalue weighted by atomic mass is 35.5. The number of nitrogens with one attached hydrogen (secondary N) is 1. The Labute approximate surface area is 250 Å². The number of hydrogen-bond donors (Lipinski definition) is 2. The lowest BCUT2D eigenvalue weighted by atomic mass is 9.70. The highest BCUT2D eigenvalue weighted by molar-refractivity contribution is 7.83. The highest BCUT2D eigenvalue weighted by Crippen LogP contribution is 2.43. The van der Waals surface area contributed by atoms with Crippen molar-refractivity contribution in [3.05, 3.63) is 64.7 Å². The number of nitrogens with zero attached hydrogens (tertiary/aromatic N) is 1. The minimum Gasteiger partial charge on any atom is -0.491 e. The summed E-state index contributed by atoms with van der Waals surface area (Å²) in [7, 11) is 0.0861. The molecule has 1 saturated carbocycles. The van der Waals surface area contributed by atoms with Crippen LogP contribution in [0.2, 0.25) is 5.02 Å². The molecular weight excluding hydrogens is 560 g/mol. The van der Waals surface area contributed by atoms with Gasteiger partial charge >= 0.3 is 0 Å². The Morgan fingerprint density at radius 2 is 2.00 bits per heavy atom. The van der Waals surface area contributed by atoms with Gasteiger partial charge in [-0.05, 0) is 84.9 Å². The topological polar surface area (TPSA) is 88.1 Å². The standard InChI is InChI=1S/C32H41ClN2O5S/c1-20-5-4-6-30(39-3)28-10-7-23(28)17-35-18-24(27-11-8-25(33)15-22(27)13-14-36)19-40-31-12-9-26(16-29(31)35)41(38)34-32(37)21(20)2/h4,6,8-9,11-12,15-16,20-21,23-24,28,30,36H,5,7,10,13-14,17-19H2,1-3H3,(H,34,37)/b6-4+. The normalized spacial score (nSPS) is 31.2. The van der Waals surface area contributed by atoms with Crippen LogP contribution in [0.4, 0.5) is 5.69 Å². The van der Waals surface area contributed by atoms with Gasteiger partial charge in [0.05, 0.1) is 23.3 Å². The maximum atomic E-state index is 13.3. The lowest BCUT2D eigenvalue weighted by molar-refractivity contribution is -0.123. The maximum absolute atomic E-state index is 13.3. The van der Waals surface area contributed by atoms with E-state index in [2.05, 4.69) is 28.7 Å². The fraction of sp³-hybridized carbons (Fsp3) is 0.531.